The fourth-order valence-electron chi connectivity index (χ4n) is 0.430. The zero-order valence-electron chi connectivity index (χ0n) is 4.80. The van der Waals surface area contributed by atoms with Crippen LogP contribution in [-0.4, -0.2) is 10.9 Å². The van der Waals surface area contributed by atoms with Crippen LogP contribution >= 0.6 is 22.6 Å². The molecular formula is C4H4IN3O2. The summed E-state index contributed by atoms with van der Waals surface area (Å²) < 4.78 is 5.16. The van der Waals surface area contributed by atoms with Gasteiger partial charge in [0.05, 0.1) is 0 Å². The average molecular weight is 253 g/mol. The van der Waals surface area contributed by atoms with Crippen molar-refractivity contribution >= 4 is 28.5 Å². The number of oxazole rings is 1. The molecule has 0 saturated heterocycles. The Balaban J connectivity index is 2.85. The van der Waals surface area contributed by atoms with E-state index in [-0.39, 0.29) is 5.69 Å². The monoisotopic (exact) mass is 253 g/mol. The van der Waals surface area contributed by atoms with Crippen LogP contribution in [0.15, 0.2) is 10.7 Å². The largest absolute Gasteiger partial charge is 0.440 e. The number of carbonyl (C=O) groups is 1. The molecule has 54 valence electrons. The van der Waals surface area contributed by atoms with Crippen LogP contribution in [0.1, 0.15) is 10.5 Å². The normalized spacial score (nSPS) is 9.40. The molecule has 1 rings (SSSR count). The van der Waals surface area contributed by atoms with Crippen molar-refractivity contribution in [1.82, 2.24) is 10.4 Å². The molecule has 1 heterocycles. The van der Waals surface area contributed by atoms with Gasteiger partial charge in [0.15, 0.2) is 5.69 Å². The van der Waals surface area contributed by atoms with E-state index in [1.807, 2.05) is 28.0 Å². The smallest absolute Gasteiger partial charge is 0.287 e. The molecule has 0 radical (unpaired) electrons. The molecule has 1 aromatic heterocycles. The Kier molecular flexibility index (Phi) is 2.22. The predicted molar refractivity (Wildman–Crippen MR) is 40.9 cm³/mol. The summed E-state index contributed by atoms with van der Waals surface area (Å²) >= 11 is 1.85. The number of halogens is 1. The summed E-state index contributed by atoms with van der Waals surface area (Å²) in [6, 6.07) is 0. The molecule has 0 unspecified atom stereocenters. The van der Waals surface area contributed by atoms with Gasteiger partial charge in [-0.05, 0) is 0 Å². The Morgan fingerprint density at radius 3 is 3.00 bits per heavy atom. The fraction of sp³-hybridized carbons (Fsp3) is 0. The molecule has 0 aliphatic carbocycles. The van der Waals surface area contributed by atoms with Crippen molar-refractivity contribution in [3.63, 3.8) is 0 Å². The highest BCUT2D eigenvalue weighted by Crippen LogP contribution is 2.03. The van der Waals surface area contributed by atoms with Gasteiger partial charge in [0.2, 0.25) is 0 Å². The molecule has 3 N–H and O–H groups in total. The first-order chi connectivity index (χ1) is 4.74. The maximum Gasteiger partial charge on any atom is 0.287 e. The lowest BCUT2D eigenvalue weighted by atomic mass is 10.5. The van der Waals surface area contributed by atoms with Crippen LogP contribution in [0.25, 0.3) is 0 Å². The van der Waals surface area contributed by atoms with Crippen molar-refractivity contribution in [2.24, 2.45) is 5.84 Å². The van der Waals surface area contributed by atoms with Crippen LogP contribution in [0.2, 0.25) is 0 Å². The molecule has 0 bridgehead atoms. The van der Waals surface area contributed by atoms with E-state index in [4.69, 9.17) is 10.3 Å². The lowest BCUT2D eigenvalue weighted by Crippen LogP contribution is -2.30. The number of hydrogen-bond acceptors (Lipinski definition) is 4. The lowest BCUT2D eigenvalue weighted by Gasteiger charge is -1.88. The molecule has 1 aromatic rings. The Bertz CT molecular complexity index is 246. The third-order valence-corrected chi connectivity index (χ3v) is 1.34. The summed E-state index contributed by atoms with van der Waals surface area (Å²) in [6.07, 6.45) is 1.24. The Morgan fingerprint density at radius 1 is 1.90 bits per heavy atom. The molecule has 10 heavy (non-hydrogen) atoms. The molecule has 1 amide bonds. The molecule has 0 atom stereocenters. The number of nitrogens with one attached hydrogen (secondary N) is 1. The van der Waals surface area contributed by atoms with Crippen LogP contribution in [0.3, 0.4) is 0 Å². The SMILES string of the molecule is NNC(=O)c1coc(I)n1. The standard InChI is InChI=1S/C4H4IN3O2/c5-4-7-2(1-10-4)3(9)8-6/h1H,6H2,(H,8,9). The van der Waals surface area contributed by atoms with E-state index in [1.165, 1.54) is 6.26 Å². The van der Waals surface area contributed by atoms with E-state index in [0.29, 0.717) is 3.90 Å². The summed E-state index contributed by atoms with van der Waals surface area (Å²) in [4.78, 5) is 14.4. The highest BCUT2D eigenvalue weighted by atomic mass is 127. The van der Waals surface area contributed by atoms with E-state index in [0.717, 1.165) is 0 Å². The molecule has 0 saturated carbocycles. The third-order valence-electron chi connectivity index (χ3n) is 0.840. The first kappa shape index (κ1) is 7.48. The average Bonchev–Trinajstić information content (AvgIpc) is 2.34. The maximum atomic E-state index is 10.7. The van der Waals surface area contributed by atoms with Crippen LogP contribution in [-0.2, 0) is 0 Å². The van der Waals surface area contributed by atoms with Gasteiger partial charge in [0.1, 0.15) is 6.26 Å². The second kappa shape index (κ2) is 2.97. The highest BCUT2D eigenvalue weighted by Gasteiger charge is 2.07. The van der Waals surface area contributed by atoms with Crippen molar-refractivity contribution < 1.29 is 9.21 Å². The summed E-state index contributed by atoms with van der Waals surface area (Å²) in [6.45, 7) is 0. The highest BCUT2D eigenvalue weighted by molar-refractivity contribution is 14.1. The Morgan fingerprint density at radius 2 is 2.60 bits per heavy atom. The van der Waals surface area contributed by atoms with Crippen LogP contribution in [0, 0.1) is 3.90 Å². The van der Waals surface area contributed by atoms with Gasteiger partial charge in [-0.1, -0.05) is 0 Å². The second-order valence-corrected chi connectivity index (χ2v) is 2.38. The van der Waals surface area contributed by atoms with E-state index in [2.05, 4.69) is 4.98 Å². The number of nitrogen functional groups attached to an aromatic ring is 1. The molecule has 0 aromatic carbocycles. The first-order valence-electron chi connectivity index (χ1n) is 2.36. The maximum absolute atomic E-state index is 10.7. The molecular weight excluding hydrogens is 249 g/mol. The minimum Gasteiger partial charge on any atom is -0.440 e. The van der Waals surface area contributed by atoms with Crippen LogP contribution in [0.5, 0.6) is 0 Å². The van der Waals surface area contributed by atoms with Crippen LogP contribution < -0.4 is 11.3 Å². The van der Waals surface area contributed by atoms with Gasteiger partial charge in [-0.25, -0.2) is 5.84 Å². The summed E-state index contributed by atoms with van der Waals surface area (Å²) in [5, 5.41) is 0. The summed E-state index contributed by atoms with van der Waals surface area (Å²) in [5.74, 6) is 4.38. The van der Waals surface area contributed by atoms with Crippen molar-refractivity contribution in [1.29, 1.82) is 0 Å². The van der Waals surface area contributed by atoms with Crippen molar-refractivity contribution in [2.45, 2.75) is 0 Å². The molecule has 0 spiro atoms. The van der Waals surface area contributed by atoms with Gasteiger partial charge >= 0.3 is 0 Å². The van der Waals surface area contributed by atoms with Gasteiger partial charge < -0.3 is 4.42 Å². The number of nitrogens with two attached hydrogens (primary N) is 1. The zero-order chi connectivity index (χ0) is 7.56. The quantitative estimate of drug-likeness (QED) is 0.316. The van der Waals surface area contributed by atoms with Gasteiger partial charge in [-0.3, -0.25) is 10.2 Å². The van der Waals surface area contributed by atoms with E-state index in [1.54, 1.807) is 0 Å². The van der Waals surface area contributed by atoms with Gasteiger partial charge in [-0.2, -0.15) is 4.98 Å². The zero-order valence-corrected chi connectivity index (χ0v) is 6.95. The first-order valence-corrected chi connectivity index (χ1v) is 3.44. The summed E-state index contributed by atoms with van der Waals surface area (Å²) in [5.41, 5.74) is 2.12. The predicted octanol–water partition coefficient (Wildman–Crippen LogP) is -0.117. The van der Waals surface area contributed by atoms with E-state index < -0.39 is 5.91 Å². The number of rotatable bonds is 1. The van der Waals surface area contributed by atoms with Gasteiger partial charge in [0.25, 0.3) is 9.80 Å². The van der Waals surface area contributed by atoms with Crippen molar-refractivity contribution in [2.75, 3.05) is 0 Å². The third kappa shape index (κ3) is 1.45. The van der Waals surface area contributed by atoms with Gasteiger partial charge in [0, 0.05) is 22.6 Å². The number of amides is 1. The number of aromatic nitrogens is 1. The Hall–Kier alpha value is -0.630. The second-order valence-electron chi connectivity index (χ2n) is 1.46. The topological polar surface area (TPSA) is 81.1 Å². The minimum atomic E-state index is -0.452. The minimum absolute atomic E-state index is 0.187. The summed E-state index contributed by atoms with van der Waals surface area (Å²) in [7, 11) is 0. The molecule has 0 aliphatic rings. The molecule has 0 aliphatic heterocycles. The van der Waals surface area contributed by atoms with E-state index >= 15 is 0 Å². The number of hydrogen-bond donors (Lipinski definition) is 2. The number of nitrogens with zero attached hydrogens (tertiary/aromatic N) is 1. The lowest BCUT2D eigenvalue weighted by molar-refractivity contribution is 0.0948. The molecule has 0 fully saturated rings. The van der Waals surface area contributed by atoms with Crippen molar-refractivity contribution in [3.8, 4) is 0 Å². The Labute approximate surface area is 70.1 Å². The van der Waals surface area contributed by atoms with Gasteiger partial charge in [-0.15, -0.1) is 0 Å². The molecule has 5 nitrogen and oxygen atoms in total. The number of hydrazine groups is 1. The van der Waals surface area contributed by atoms with Crippen LogP contribution in [0.4, 0.5) is 0 Å². The fourth-order valence-corrected chi connectivity index (χ4v) is 0.817. The van der Waals surface area contributed by atoms with Crippen molar-refractivity contribution in [3.05, 3.63) is 15.9 Å². The van der Waals surface area contributed by atoms with E-state index in [9.17, 15) is 4.79 Å². The number of carbonyl (C=O) groups excluding carboxylic acids is 1. The molecule has 6 heteroatoms.